The van der Waals surface area contributed by atoms with Crippen LogP contribution in [0.4, 0.5) is 0 Å². The van der Waals surface area contributed by atoms with E-state index in [4.69, 9.17) is 0 Å². The molecule has 0 amide bonds. The minimum Gasteiger partial charge on any atom is -1.00 e. The van der Waals surface area contributed by atoms with Crippen LogP contribution in [0.25, 0.3) is 0 Å². The number of halogens is 2. The topological polar surface area (TPSA) is 0 Å². The first kappa shape index (κ1) is 19.0. The number of rotatable bonds is 6. The summed E-state index contributed by atoms with van der Waals surface area (Å²) in [6.45, 7) is 0. The molecule has 80 valence electrons. The van der Waals surface area contributed by atoms with Gasteiger partial charge in [0.15, 0.2) is 0 Å². The van der Waals surface area contributed by atoms with Crippen molar-refractivity contribution < 1.29 is 53.5 Å². The van der Waals surface area contributed by atoms with Crippen LogP contribution in [0.5, 0.6) is 0 Å². The van der Waals surface area contributed by atoms with Crippen LogP contribution in [0.1, 0.15) is 31.2 Å². The van der Waals surface area contributed by atoms with Gasteiger partial charge in [-0.2, -0.15) is 0 Å². The van der Waals surface area contributed by atoms with Crippen LogP contribution < -0.4 is 53.5 Å². The Morgan fingerprint density at radius 1 is 0.867 bits per heavy atom. The Morgan fingerprint density at radius 3 is 2.07 bits per heavy atom. The van der Waals surface area contributed by atoms with Gasteiger partial charge in [0, 0.05) is 0 Å². The predicted octanol–water partition coefficient (Wildman–Crippen LogP) is -1.77. The zero-order chi connectivity index (χ0) is 9.36. The van der Waals surface area contributed by atoms with Gasteiger partial charge in [-0.25, -0.2) is 0 Å². The zero-order valence-corrected chi connectivity index (χ0v) is 15.7. The number of hydrogen-bond donors (Lipinski definition) is 0. The Balaban J connectivity index is 0. The van der Waals surface area contributed by atoms with E-state index < -0.39 is 0 Å². The molecule has 0 heterocycles. The SMILES string of the molecule is ICCCCCCc1ccccc1.[I-].[Na+]. The molecule has 1 rings (SSSR count). The average molecular weight is 438 g/mol. The molecule has 0 atom stereocenters. The maximum absolute atomic E-state index is 2.45. The van der Waals surface area contributed by atoms with Crippen molar-refractivity contribution >= 4 is 22.6 Å². The van der Waals surface area contributed by atoms with Crippen LogP contribution in [0.3, 0.4) is 0 Å². The van der Waals surface area contributed by atoms with Crippen molar-refractivity contribution in [2.75, 3.05) is 4.43 Å². The molecule has 0 saturated heterocycles. The van der Waals surface area contributed by atoms with Gasteiger partial charge in [-0.05, 0) is 29.3 Å². The van der Waals surface area contributed by atoms with Crippen LogP contribution in [0.2, 0.25) is 0 Å². The average Bonchev–Trinajstić information content (AvgIpc) is 2.19. The molecule has 0 unspecified atom stereocenters. The molecule has 0 aliphatic heterocycles. The van der Waals surface area contributed by atoms with Crippen molar-refractivity contribution in [3.8, 4) is 0 Å². The second-order valence-corrected chi connectivity index (χ2v) is 4.42. The molecule has 15 heavy (non-hydrogen) atoms. The fourth-order valence-corrected chi connectivity index (χ4v) is 1.96. The first-order chi connectivity index (χ1) is 6.43. The molecule has 0 spiro atoms. The van der Waals surface area contributed by atoms with Crippen LogP contribution in [-0.2, 0) is 6.42 Å². The van der Waals surface area contributed by atoms with Crippen molar-refractivity contribution in [1.29, 1.82) is 0 Å². The Morgan fingerprint density at radius 2 is 1.47 bits per heavy atom. The van der Waals surface area contributed by atoms with Crippen LogP contribution in [0, 0.1) is 0 Å². The van der Waals surface area contributed by atoms with E-state index in [1.165, 1.54) is 42.1 Å². The molecule has 0 aromatic heterocycles. The summed E-state index contributed by atoms with van der Waals surface area (Å²) < 4.78 is 1.31. The molecule has 0 nitrogen and oxygen atoms in total. The summed E-state index contributed by atoms with van der Waals surface area (Å²) in [5, 5.41) is 0. The fraction of sp³-hybridized carbons (Fsp3) is 0.500. The molecular weight excluding hydrogens is 421 g/mol. The van der Waals surface area contributed by atoms with Crippen molar-refractivity contribution in [2.24, 2.45) is 0 Å². The van der Waals surface area contributed by atoms with E-state index in [2.05, 4.69) is 52.9 Å². The van der Waals surface area contributed by atoms with E-state index in [-0.39, 0.29) is 53.5 Å². The molecule has 0 fully saturated rings. The molecule has 0 aliphatic carbocycles. The van der Waals surface area contributed by atoms with E-state index in [0.29, 0.717) is 0 Å². The van der Waals surface area contributed by atoms with Crippen LogP contribution >= 0.6 is 22.6 Å². The predicted molar refractivity (Wildman–Crippen MR) is 67.5 cm³/mol. The van der Waals surface area contributed by atoms with E-state index in [9.17, 15) is 0 Å². The number of benzene rings is 1. The largest absolute Gasteiger partial charge is 1.00 e. The summed E-state index contributed by atoms with van der Waals surface area (Å²) in [5.74, 6) is 0. The third-order valence-corrected chi connectivity index (χ3v) is 2.95. The van der Waals surface area contributed by atoms with Gasteiger partial charge < -0.3 is 24.0 Å². The van der Waals surface area contributed by atoms with Crippen molar-refractivity contribution in [1.82, 2.24) is 0 Å². The summed E-state index contributed by atoms with van der Waals surface area (Å²) in [7, 11) is 0. The van der Waals surface area contributed by atoms with Gasteiger partial charge in [0.25, 0.3) is 0 Å². The van der Waals surface area contributed by atoms with Gasteiger partial charge in [0.05, 0.1) is 0 Å². The quantitative estimate of drug-likeness (QED) is 0.214. The monoisotopic (exact) mass is 438 g/mol. The smallest absolute Gasteiger partial charge is 1.00 e. The number of aryl methyl sites for hydroxylation is 1. The summed E-state index contributed by atoms with van der Waals surface area (Å²) in [5.41, 5.74) is 1.48. The molecular formula is C12H17I2Na. The van der Waals surface area contributed by atoms with Gasteiger partial charge >= 0.3 is 29.6 Å². The normalized spacial score (nSPS) is 8.87. The van der Waals surface area contributed by atoms with Crippen molar-refractivity contribution in [3.63, 3.8) is 0 Å². The van der Waals surface area contributed by atoms with Crippen molar-refractivity contribution in [2.45, 2.75) is 32.1 Å². The zero-order valence-electron chi connectivity index (χ0n) is 9.39. The van der Waals surface area contributed by atoms with Crippen molar-refractivity contribution in [3.05, 3.63) is 35.9 Å². The van der Waals surface area contributed by atoms with Gasteiger partial charge in [-0.3, -0.25) is 0 Å². The number of unbranched alkanes of at least 4 members (excludes halogenated alkanes) is 3. The summed E-state index contributed by atoms with van der Waals surface area (Å²) >= 11 is 2.45. The minimum atomic E-state index is 0. The molecule has 0 saturated carbocycles. The molecule has 1 aromatic rings. The standard InChI is InChI=1S/C12H17I.HI.Na/c13-11-7-2-1-4-8-12-9-5-3-6-10-12;;/h3,5-6,9-10H,1-2,4,7-8,11H2;1H;/q;;+1/p-1. The second kappa shape index (κ2) is 13.7. The van der Waals surface area contributed by atoms with Crippen LogP contribution in [0.15, 0.2) is 30.3 Å². The first-order valence-corrected chi connectivity index (χ1v) is 6.56. The molecule has 1 aromatic carbocycles. The molecule has 0 N–H and O–H groups in total. The maximum atomic E-state index is 2.45. The van der Waals surface area contributed by atoms with Crippen LogP contribution in [-0.4, -0.2) is 4.43 Å². The molecule has 3 heteroatoms. The third kappa shape index (κ3) is 10.5. The van der Waals surface area contributed by atoms with Gasteiger partial charge in [0.1, 0.15) is 0 Å². The van der Waals surface area contributed by atoms with Gasteiger partial charge in [0.2, 0.25) is 0 Å². The molecule has 0 bridgehead atoms. The van der Waals surface area contributed by atoms with Gasteiger partial charge in [-0.1, -0.05) is 65.8 Å². The Hall–Kier alpha value is 1.68. The second-order valence-electron chi connectivity index (χ2n) is 3.34. The minimum absolute atomic E-state index is 0. The summed E-state index contributed by atoms with van der Waals surface area (Å²) in [4.78, 5) is 0. The van der Waals surface area contributed by atoms with E-state index in [1.54, 1.807) is 0 Å². The number of hydrogen-bond acceptors (Lipinski definition) is 0. The molecule has 0 radical (unpaired) electrons. The summed E-state index contributed by atoms with van der Waals surface area (Å²) in [6, 6.07) is 10.8. The number of alkyl halides is 1. The van der Waals surface area contributed by atoms with Gasteiger partial charge in [-0.15, -0.1) is 0 Å². The first-order valence-electron chi connectivity index (χ1n) is 5.03. The maximum Gasteiger partial charge on any atom is 1.00 e. The third-order valence-electron chi connectivity index (χ3n) is 2.19. The Bertz CT molecular complexity index is 214. The van der Waals surface area contributed by atoms with E-state index >= 15 is 0 Å². The van der Waals surface area contributed by atoms with E-state index in [0.717, 1.165) is 0 Å². The summed E-state index contributed by atoms with van der Waals surface area (Å²) in [6.07, 6.45) is 6.77. The Kier molecular flexibility index (Phi) is 17.4. The van der Waals surface area contributed by atoms with E-state index in [1.807, 2.05) is 0 Å². The fourth-order valence-electron chi connectivity index (χ4n) is 1.42. The molecule has 0 aliphatic rings. The Labute approximate surface area is 146 Å².